The van der Waals surface area contributed by atoms with Crippen LogP contribution in [0, 0.1) is 6.92 Å². The summed E-state index contributed by atoms with van der Waals surface area (Å²) in [6.45, 7) is 0.362. The van der Waals surface area contributed by atoms with Crippen LogP contribution < -0.4 is 5.32 Å². The first-order valence-corrected chi connectivity index (χ1v) is 6.32. The molecule has 1 N–H and O–H groups in total. The molecule has 7 heteroatoms. The van der Waals surface area contributed by atoms with Gasteiger partial charge in [0.05, 0.1) is 12.6 Å². The fourth-order valence-corrected chi connectivity index (χ4v) is 1.74. The lowest BCUT2D eigenvalue weighted by molar-refractivity contribution is -0.167. The maximum atomic E-state index is 12.7. The molecule has 0 aliphatic rings. The second-order valence-corrected chi connectivity index (χ2v) is 4.83. The molecule has 1 unspecified atom stereocenters. The minimum Gasteiger partial charge on any atom is -0.373 e. The van der Waals surface area contributed by atoms with E-state index in [0.29, 0.717) is 5.02 Å². The molecule has 0 saturated carbocycles. The molecule has 0 spiro atoms. The van der Waals surface area contributed by atoms with E-state index in [1.54, 1.807) is 25.2 Å². The van der Waals surface area contributed by atoms with Gasteiger partial charge in [-0.15, -0.1) is 0 Å². The molecule has 0 radical (unpaired) electrons. The number of ether oxygens (including phenoxy) is 1. The van der Waals surface area contributed by atoms with Crippen LogP contribution in [0.3, 0.4) is 0 Å². The Hall–Kier alpha value is -0.850. The molecule has 114 valence electrons. The predicted molar refractivity (Wildman–Crippen MR) is 69.8 cm³/mol. The standard InChI is InChI=1S/C13H16ClF4NO/c1-8-3-4-9(5-10(8)14)11(19-2)6-20-7-13(17,18)12(15)16/h3-5,11-12,19H,6-7H2,1-2H3. The summed E-state index contributed by atoms with van der Waals surface area (Å²) >= 11 is 5.98. The van der Waals surface area contributed by atoms with Gasteiger partial charge in [-0.05, 0) is 31.2 Å². The third-order valence-electron chi connectivity index (χ3n) is 2.85. The average Bonchev–Trinajstić information content (AvgIpc) is 2.38. The van der Waals surface area contributed by atoms with E-state index in [9.17, 15) is 17.6 Å². The lowest BCUT2D eigenvalue weighted by atomic mass is 10.1. The minimum absolute atomic E-state index is 0.155. The monoisotopic (exact) mass is 313 g/mol. The first-order valence-electron chi connectivity index (χ1n) is 5.95. The van der Waals surface area contributed by atoms with Crippen LogP contribution in [0.25, 0.3) is 0 Å². The van der Waals surface area contributed by atoms with E-state index in [4.69, 9.17) is 16.3 Å². The van der Waals surface area contributed by atoms with E-state index < -0.39 is 25.0 Å². The molecular formula is C13H16ClF4NO. The van der Waals surface area contributed by atoms with Gasteiger partial charge in [-0.1, -0.05) is 23.7 Å². The van der Waals surface area contributed by atoms with Crippen LogP contribution in [0.5, 0.6) is 0 Å². The van der Waals surface area contributed by atoms with E-state index >= 15 is 0 Å². The van der Waals surface area contributed by atoms with E-state index in [0.717, 1.165) is 11.1 Å². The Morgan fingerprint density at radius 3 is 2.50 bits per heavy atom. The number of hydrogen-bond acceptors (Lipinski definition) is 2. The summed E-state index contributed by atoms with van der Waals surface area (Å²) in [6, 6.07) is 4.85. The number of likely N-dealkylation sites (N-methyl/N-ethyl adjacent to an activating group) is 1. The molecule has 2 nitrogen and oxygen atoms in total. The Labute approximate surface area is 120 Å². The quantitative estimate of drug-likeness (QED) is 0.773. The van der Waals surface area contributed by atoms with Crippen molar-refractivity contribution in [2.45, 2.75) is 25.3 Å². The molecule has 1 rings (SSSR count). The van der Waals surface area contributed by atoms with Crippen LogP contribution in [0.15, 0.2) is 18.2 Å². The molecule has 0 bridgehead atoms. The van der Waals surface area contributed by atoms with Crippen LogP contribution in [0.2, 0.25) is 5.02 Å². The maximum Gasteiger partial charge on any atom is 0.330 e. The fraction of sp³-hybridized carbons (Fsp3) is 0.538. The van der Waals surface area contributed by atoms with E-state index in [-0.39, 0.29) is 6.61 Å². The van der Waals surface area contributed by atoms with Crippen LogP contribution >= 0.6 is 11.6 Å². The zero-order valence-electron chi connectivity index (χ0n) is 11.1. The second-order valence-electron chi connectivity index (χ2n) is 4.43. The molecule has 0 saturated heterocycles. The third-order valence-corrected chi connectivity index (χ3v) is 3.25. The minimum atomic E-state index is -4.14. The second kappa shape index (κ2) is 7.24. The topological polar surface area (TPSA) is 21.3 Å². The normalized spacial score (nSPS) is 13.8. The van der Waals surface area contributed by atoms with Crippen molar-refractivity contribution in [3.8, 4) is 0 Å². The molecular weight excluding hydrogens is 298 g/mol. The molecule has 0 aromatic heterocycles. The SMILES string of the molecule is CNC(COCC(F)(F)C(F)F)c1ccc(C)c(Cl)c1. The van der Waals surface area contributed by atoms with Crippen LogP contribution in [0.4, 0.5) is 17.6 Å². The van der Waals surface area contributed by atoms with Crippen LogP contribution in [-0.4, -0.2) is 32.6 Å². The highest BCUT2D eigenvalue weighted by Crippen LogP contribution is 2.25. The zero-order chi connectivity index (χ0) is 15.3. The van der Waals surface area contributed by atoms with Crippen molar-refractivity contribution in [2.75, 3.05) is 20.3 Å². The lowest BCUT2D eigenvalue weighted by Crippen LogP contribution is -2.34. The first-order chi connectivity index (χ1) is 9.27. The van der Waals surface area contributed by atoms with Crippen molar-refractivity contribution in [3.05, 3.63) is 34.3 Å². The van der Waals surface area contributed by atoms with E-state index in [1.165, 1.54) is 0 Å². The number of hydrogen-bond donors (Lipinski definition) is 1. The van der Waals surface area contributed by atoms with Gasteiger partial charge in [-0.2, -0.15) is 8.78 Å². The highest BCUT2D eigenvalue weighted by Gasteiger charge is 2.41. The summed E-state index contributed by atoms with van der Waals surface area (Å²) in [5.41, 5.74) is 1.62. The summed E-state index contributed by atoms with van der Waals surface area (Å²) in [7, 11) is 1.62. The van der Waals surface area contributed by atoms with Gasteiger partial charge in [0, 0.05) is 5.02 Å². The van der Waals surface area contributed by atoms with E-state index in [2.05, 4.69) is 5.32 Å². The van der Waals surface area contributed by atoms with Gasteiger partial charge in [0.25, 0.3) is 0 Å². The van der Waals surface area contributed by atoms with E-state index in [1.807, 2.05) is 6.92 Å². The Morgan fingerprint density at radius 1 is 1.35 bits per heavy atom. The fourth-order valence-electron chi connectivity index (χ4n) is 1.55. The first kappa shape index (κ1) is 17.2. The van der Waals surface area contributed by atoms with Crippen LogP contribution in [-0.2, 0) is 4.74 Å². The number of aryl methyl sites for hydroxylation is 1. The molecule has 0 amide bonds. The summed E-state index contributed by atoms with van der Waals surface area (Å²) in [6.07, 6.45) is -3.73. The largest absolute Gasteiger partial charge is 0.373 e. The molecule has 1 aromatic carbocycles. The van der Waals surface area contributed by atoms with Crippen molar-refractivity contribution < 1.29 is 22.3 Å². The van der Waals surface area contributed by atoms with Gasteiger partial charge < -0.3 is 10.1 Å². The number of nitrogens with one attached hydrogen (secondary N) is 1. The predicted octanol–water partition coefficient (Wildman–Crippen LogP) is 3.83. The Morgan fingerprint density at radius 2 is 2.00 bits per heavy atom. The van der Waals surface area contributed by atoms with Crippen molar-refractivity contribution >= 4 is 11.6 Å². The molecule has 0 aliphatic heterocycles. The molecule has 0 heterocycles. The molecule has 1 atom stereocenters. The Kier molecular flexibility index (Phi) is 6.23. The molecule has 1 aromatic rings. The van der Waals surface area contributed by atoms with Crippen molar-refractivity contribution in [2.24, 2.45) is 0 Å². The van der Waals surface area contributed by atoms with Gasteiger partial charge in [0.1, 0.15) is 6.61 Å². The highest BCUT2D eigenvalue weighted by atomic mass is 35.5. The third kappa shape index (κ3) is 4.61. The Balaban J connectivity index is 2.62. The molecule has 0 aliphatic carbocycles. The zero-order valence-corrected chi connectivity index (χ0v) is 11.9. The van der Waals surface area contributed by atoms with Gasteiger partial charge in [-0.3, -0.25) is 0 Å². The summed E-state index contributed by atoms with van der Waals surface area (Å²) in [5, 5.41) is 3.41. The molecule has 0 fully saturated rings. The van der Waals surface area contributed by atoms with Gasteiger partial charge in [0.15, 0.2) is 0 Å². The van der Waals surface area contributed by atoms with Gasteiger partial charge >= 0.3 is 12.3 Å². The van der Waals surface area contributed by atoms with Crippen molar-refractivity contribution in [1.29, 1.82) is 0 Å². The average molecular weight is 314 g/mol. The maximum absolute atomic E-state index is 12.7. The van der Waals surface area contributed by atoms with Gasteiger partial charge in [-0.25, -0.2) is 8.78 Å². The summed E-state index contributed by atoms with van der Waals surface area (Å²) < 4.78 is 54.1. The number of benzene rings is 1. The number of alkyl halides is 4. The Bertz CT molecular complexity index is 442. The lowest BCUT2D eigenvalue weighted by Gasteiger charge is -2.20. The highest BCUT2D eigenvalue weighted by molar-refractivity contribution is 6.31. The number of halogens is 5. The summed E-state index contributed by atoms with van der Waals surface area (Å²) in [5.74, 6) is -4.14. The number of rotatable bonds is 7. The van der Waals surface area contributed by atoms with Crippen molar-refractivity contribution in [1.82, 2.24) is 5.32 Å². The van der Waals surface area contributed by atoms with Crippen molar-refractivity contribution in [3.63, 3.8) is 0 Å². The van der Waals surface area contributed by atoms with Crippen LogP contribution in [0.1, 0.15) is 17.2 Å². The molecule has 20 heavy (non-hydrogen) atoms. The summed E-state index contributed by atoms with van der Waals surface area (Å²) in [4.78, 5) is 0. The smallest absolute Gasteiger partial charge is 0.330 e. The van der Waals surface area contributed by atoms with Gasteiger partial charge in [0.2, 0.25) is 0 Å².